The van der Waals surface area contributed by atoms with E-state index >= 15 is 0 Å². The molecule has 0 aliphatic rings. The monoisotopic (exact) mass is 430 g/mol. The summed E-state index contributed by atoms with van der Waals surface area (Å²) in [4.78, 5) is 10.5. The van der Waals surface area contributed by atoms with Crippen LogP contribution in [0.4, 0.5) is 0 Å². The zero-order chi connectivity index (χ0) is 13.7. The molecule has 98 valence electrons. The van der Waals surface area contributed by atoms with Crippen molar-refractivity contribution in [2.45, 2.75) is 11.4 Å². The number of aldehydes is 1. The van der Waals surface area contributed by atoms with Gasteiger partial charge in [0.25, 0.3) is 0 Å². The van der Waals surface area contributed by atoms with Gasteiger partial charge in [0.05, 0.1) is 8.40 Å². The predicted octanol–water partition coefficient (Wildman–Crippen LogP) is 4.51. The second-order valence-corrected chi connectivity index (χ2v) is 6.15. The molecule has 0 aliphatic heterocycles. The molecule has 2 rings (SSSR count). The first-order chi connectivity index (χ1) is 9.20. The summed E-state index contributed by atoms with van der Waals surface area (Å²) in [5.74, 6) is 0.799. The minimum atomic E-state index is -0.288. The van der Waals surface area contributed by atoms with Crippen molar-refractivity contribution < 1.29 is 9.53 Å². The van der Waals surface area contributed by atoms with Crippen LogP contribution in [0.3, 0.4) is 0 Å². The van der Waals surface area contributed by atoms with Gasteiger partial charge < -0.3 is 9.53 Å². The number of rotatable bonds is 5. The number of halogens is 2. The van der Waals surface area contributed by atoms with Gasteiger partial charge in [-0.05, 0) is 45.9 Å². The Balaban J connectivity index is 2.13. The Morgan fingerprint density at radius 2 is 1.95 bits per heavy atom. The van der Waals surface area contributed by atoms with Gasteiger partial charge in [-0.3, -0.25) is 0 Å². The molecule has 0 saturated carbocycles. The molecule has 0 N–H and O–H groups in total. The second kappa shape index (κ2) is 7.05. The van der Waals surface area contributed by atoms with Crippen LogP contribution in [0, 0.1) is 3.57 Å². The quantitative estimate of drug-likeness (QED) is 0.396. The average molecular weight is 431 g/mol. The van der Waals surface area contributed by atoms with Crippen molar-refractivity contribution in [1.82, 2.24) is 0 Å². The van der Waals surface area contributed by atoms with Gasteiger partial charge in [-0.25, -0.2) is 0 Å². The Morgan fingerprint density at radius 1 is 1.21 bits per heavy atom. The maximum absolute atomic E-state index is 10.8. The van der Waals surface area contributed by atoms with E-state index in [2.05, 4.69) is 38.5 Å². The lowest BCUT2D eigenvalue weighted by molar-refractivity contribution is -0.107. The minimum Gasteiger partial charge on any atom is -0.488 e. The van der Waals surface area contributed by atoms with Crippen molar-refractivity contribution in [3.63, 3.8) is 0 Å². The predicted molar refractivity (Wildman–Crippen MR) is 87.7 cm³/mol. The van der Waals surface area contributed by atoms with Crippen LogP contribution in [0.5, 0.6) is 5.75 Å². The Kier molecular flexibility index (Phi) is 5.39. The van der Waals surface area contributed by atoms with Crippen LogP contribution in [-0.4, -0.2) is 6.29 Å². The molecule has 0 heterocycles. The Morgan fingerprint density at radius 3 is 2.63 bits per heavy atom. The van der Waals surface area contributed by atoms with Gasteiger partial charge in [0.1, 0.15) is 18.6 Å². The molecular formula is C15H12BrIO2. The molecule has 1 atom stereocenters. The summed E-state index contributed by atoms with van der Waals surface area (Å²) in [5, 5.41) is 0. The smallest absolute Gasteiger partial charge is 0.138 e. The molecule has 0 spiro atoms. The molecule has 0 aliphatic carbocycles. The largest absolute Gasteiger partial charge is 0.488 e. The number of benzene rings is 2. The highest BCUT2D eigenvalue weighted by atomic mass is 127. The Bertz CT molecular complexity index is 557. The van der Waals surface area contributed by atoms with E-state index in [4.69, 9.17) is 4.74 Å². The molecule has 0 radical (unpaired) electrons. The molecular weight excluding hydrogens is 419 g/mol. The normalized spacial score (nSPS) is 11.9. The zero-order valence-electron chi connectivity index (χ0n) is 10.1. The van der Waals surface area contributed by atoms with E-state index < -0.39 is 0 Å². The fraction of sp³-hybridized carbons (Fsp3) is 0.133. The van der Waals surface area contributed by atoms with E-state index in [1.54, 1.807) is 0 Å². The first kappa shape index (κ1) is 14.5. The van der Waals surface area contributed by atoms with Gasteiger partial charge >= 0.3 is 0 Å². The summed E-state index contributed by atoms with van der Waals surface area (Å²) in [6, 6.07) is 15.8. The molecule has 0 amide bonds. The summed E-state index contributed by atoms with van der Waals surface area (Å²) >= 11 is 5.54. The van der Waals surface area contributed by atoms with Gasteiger partial charge in [0.2, 0.25) is 0 Å². The van der Waals surface area contributed by atoms with E-state index in [0.717, 1.165) is 26.7 Å². The molecule has 0 fully saturated rings. The van der Waals surface area contributed by atoms with E-state index in [-0.39, 0.29) is 4.83 Å². The highest BCUT2D eigenvalue weighted by molar-refractivity contribution is 14.1. The third kappa shape index (κ3) is 4.04. The standard InChI is InChI=1S/C15H12BrIO2/c16-13(9-18)12-6-7-14(17)15(8-12)19-10-11-4-2-1-3-5-11/h1-9,13H,10H2/t13-/m1/s1. The summed E-state index contributed by atoms with van der Waals surface area (Å²) in [6.45, 7) is 0.522. The number of hydrogen-bond donors (Lipinski definition) is 0. The number of carbonyl (C=O) groups is 1. The van der Waals surface area contributed by atoms with Gasteiger partial charge in [0.15, 0.2) is 0 Å². The van der Waals surface area contributed by atoms with E-state index in [1.165, 1.54) is 0 Å². The van der Waals surface area contributed by atoms with Crippen LogP contribution < -0.4 is 4.74 Å². The lowest BCUT2D eigenvalue weighted by Gasteiger charge is -2.11. The van der Waals surface area contributed by atoms with Crippen LogP contribution in [0.2, 0.25) is 0 Å². The van der Waals surface area contributed by atoms with E-state index in [1.807, 2.05) is 48.5 Å². The summed E-state index contributed by atoms with van der Waals surface area (Å²) < 4.78 is 6.84. The maximum atomic E-state index is 10.8. The highest BCUT2D eigenvalue weighted by Crippen LogP contribution is 2.28. The lowest BCUT2D eigenvalue weighted by Crippen LogP contribution is -1.99. The van der Waals surface area contributed by atoms with Crippen LogP contribution in [-0.2, 0) is 11.4 Å². The summed E-state index contributed by atoms with van der Waals surface area (Å²) in [6.07, 6.45) is 0.864. The van der Waals surface area contributed by atoms with Crippen LogP contribution in [0.1, 0.15) is 16.0 Å². The number of hydrogen-bond acceptors (Lipinski definition) is 2. The number of carbonyl (C=O) groups excluding carboxylic acids is 1. The molecule has 4 heteroatoms. The van der Waals surface area contributed by atoms with Gasteiger partial charge in [-0.15, -0.1) is 0 Å². The third-order valence-electron chi connectivity index (χ3n) is 2.63. The number of ether oxygens (including phenoxy) is 1. The lowest BCUT2D eigenvalue weighted by atomic mass is 10.1. The maximum Gasteiger partial charge on any atom is 0.138 e. The fourth-order valence-electron chi connectivity index (χ4n) is 1.62. The van der Waals surface area contributed by atoms with Crippen LogP contribution in [0.15, 0.2) is 48.5 Å². The van der Waals surface area contributed by atoms with Crippen molar-refractivity contribution in [3.8, 4) is 5.75 Å². The highest BCUT2D eigenvalue weighted by Gasteiger charge is 2.09. The Labute approximate surface area is 134 Å². The van der Waals surface area contributed by atoms with E-state index in [0.29, 0.717) is 6.61 Å². The first-order valence-electron chi connectivity index (χ1n) is 5.76. The van der Waals surface area contributed by atoms with Gasteiger partial charge in [-0.2, -0.15) is 0 Å². The third-order valence-corrected chi connectivity index (χ3v) is 4.27. The van der Waals surface area contributed by atoms with Crippen molar-refractivity contribution >= 4 is 44.8 Å². The molecule has 2 nitrogen and oxygen atoms in total. The minimum absolute atomic E-state index is 0.288. The molecule has 2 aromatic carbocycles. The molecule has 0 bridgehead atoms. The van der Waals surface area contributed by atoms with Crippen molar-refractivity contribution in [3.05, 3.63) is 63.2 Å². The first-order valence-corrected chi connectivity index (χ1v) is 7.75. The Hall–Kier alpha value is -0.880. The van der Waals surface area contributed by atoms with Crippen LogP contribution in [0.25, 0.3) is 0 Å². The molecule has 0 saturated heterocycles. The molecule has 2 aromatic rings. The molecule has 0 unspecified atom stereocenters. The molecule has 0 aromatic heterocycles. The SMILES string of the molecule is O=C[C@@H](Br)c1ccc(I)c(OCc2ccccc2)c1. The van der Waals surface area contributed by atoms with Gasteiger partial charge in [-0.1, -0.05) is 52.3 Å². The van der Waals surface area contributed by atoms with Crippen molar-refractivity contribution in [1.29, 1.82) is 0 Å². The second-order valence-electron chi connectivity index (χ2n) is 4.00. The zero-order valence-corrected chi connectivity index (χ0v) is 13.8. The topological polar surface area (TPSA) is 26.3 Å². The fourth-order valence-corrected chi connectivity index (χ4v) is 2.39. The van der Waals surface area contributed by atoms with Crippen molar-refractivity contribution in [2.75, 3.05) is 0 Å². The summed E-state index contributed by atoms with van der Waals surface area (Å²) in [7, 11) is 0. The average Bonchev–Trinajstić information content (AvgIpc) is 2.46. The van der Waals surface area contributed by atoms with Crippen LogP contribution >= 0.6 is 38.5 Å². The number of alkyl halides is 1. The molecule has 19 heavy (non-hydrogen) atoms. The van der Waals surface area contributed by atoms with E-state index in [9.17, 15) is 4.79 Å². The van der Waals surface area contributed by atoms with Gasteiger partial charge in [0, 0.05) is 0 Å². The summed E-state index contributed by atoms with van der Waals surface area (Å²) in [5.41, 5.74) is 2.02. The van der Waals surface area contributed by atoms with Crippen molar-refractivity contribution in [2.24, 2.45) is 0 Å².